The van der Waals surface area contributed by atoms with Gasteiger partial charge in [0.2, 0.25) is 11.8 Å². The number of likely N-dealkylation sites (tertiary alicyclic amines) is 1. The lowest BCUT2D eigenvalue weighted by molar-refractivity contribution is -0.150. The molecule has 0 aliphatic carbocycles. The molecule has 0 spiro atoms. The molecule has 4 atom stereocenters. The number of aliphatic carboxylic acids is 1. The third-order valence-corrected chi connectivity index (χ3v) is 7.87. The van der Waals surface area contributed by atoms with Gasteiger partial charge in [0.1, 0.15) is 29.9 Å². The lowest BCUT2D eigenvalue weighted by Gasteiger charge is -2.31. The maximum Gasteiger partial charge on any atom is 0.410 e. The average Bonchev–Trinajstić information content (AvgIpc) is 3.42. The molecule has 4 rings (SSSR count). The Morgan fingerprint density at radius 3 is 2.35 bits per heavy atom. The first-order valence-corrected chi connectivity index (χ1v) is 14.5. The number of nitrogens with zero attached hydrogens (tertiary/aromatic N) is 4. The number of carboxylic acids is 1. The minimum atomic E-state index is -1.20. The van der Waals surface area contributed by atoms with Crippen molar-refractivity contribution in [2.75, 3.05) is 13.1 Å². The summed E-state index contributed by atoms with van der Waals surface area (Å²) in [4.78, 5) is 63.5. The van der Waals surface area contributed by atoms with Crippen molar-refractivity contribution in [1.29, 1.82) is 0 Å². The second-order valence-electron chi connectivity index (χ2n) is 11.7. The number of amides is 3. The van der Waals surface area contributed by atoms with Gasteiger partial charge in [0, 0.05) is 31.9 Å². The highest BCUT2D eigenvalue weighted by Gasteiger charge is 2.45. The predicted octanol–water partition coefficient (Wildman–Crippen LogP) is 2.45. The van der Waals surface area contributed by atoms with Crippen molar-refractivity contribution in [2.45, 2.75) is 71.3 Å². The van der Waals surface area contributed by atoms with Crippen LogP contribution in [0.5, 0.6) is 0 Å². The van der Waals surface area contributed by atoms with Crippen LogP contribution < -0.4 is 10.6 Å². The molecule has 43 heavy (non-hydrogen) atoms. The van der Waals surface area contributed by atoms with E-state index in [2.05, 4.69) is 27.2 Å². The van der Waals surface area contributed by atoms with Gasteiger partial charge in [0.05, 0.1) is 18.4 Å². The second kappa shape index (κ2) is 13.7. The van der Waals surface area contributed by atoms with Gasteiger partial charge < -0.3 is 30.3 Å². The van der Waals surface area contributed by atoms with E-state index < -0.39 is 48.1 Å². The van der Waals surface area contributed by atoms with Crippen LogP contribution in [0.3, 0.4) is 0 Å². The normalized spacial score (nSPS) is 19.4. The zero-order chi connectivity index (χ0) is 31.3. The molecule has 0 bridgehead atoms. The van der Waals surface area contributed by atoms with Crippen LogP contribution in [0.2, 0.25) is 0 Å². The summed E-state index contributed by atoms with van der Waals surface area (Å²) in [6, 6.07) is 4.94. The van der Waals surface area contributed by atoms with Crippen LogP contribution in [0.1, 0.15) is 50.9 Å². The monoisotopic (exact) mass is 592 g/mol. The van der Waals surface area contributed by atoms with Crippen molar-refractivity contribution >= 4 is 29.6 Å². The number of ether oxygens (including phenoxy) is 1. The molecule has 1 fully saturated rings. The van der Waals surface area contributed by atoms with E-state index >= 15 is 0 Å². The summed E-state index contributed by atoms with van der Waals surface area (Å²) in [6.45, 7) is 12.0. The maximum atomic E-state index is 13.8. The fourth-order valence-corrected chi connectivity index (χ4v) is 5.42. The first-order valence-electron chi connectivity index (χ1n) is 14.5. The number of hydrogen-bond acceptors (Lipinski definition) is 8. The van der Waals surface area contributed by atoms with Crippen molar-refractivity contribution in [3.05, 3.63) is 66.3 Å². The Balaban J connectivity index is 1.42. The van der Waals surface area contributed by atoms with Gasteiger partial charge in [-0.05, 0) is 29.4 Å². The van der Waals surface area contributed by atoms with Gasteiger partial charge >= 0.3 is 12.1 Å². The molecule has 1 aromatic carbocycles. The molecule has 2 aliphatic heterocycles. The number of hydrogen-bond donors (Lipinski definition) is 3. The van der Waals surface area contributed by atoms with Crippen molar-refractivity contribution in [2.24, 2.45) is 11.8 Å². The van der Waals surface area contributed by atoms with E-state index in [9.17, 15) is 24.3 Å². The number of carbonyl (C=O) groups excluding carboxylic acids is 3. The Morgan fingerprint density at radius 2 is 1.72 bits per heavy atom. The third-order valence-electron chi connectivity index (χ3n) is 7.87. The molecule has 12 nitrogen and oxygen atoms in total. The lowest BCUT2D eigenvalue weighted by atomic mass is 9.98. The highest BCUT2D eigenvalue weighted by Crippen LogP contribution is 2.26. The number of rotatable bonds is 10. The molecule has 3 N–H and O–H groups in total. The number of carbonyl (C=O) groups is 4. The van der Waals surface area contributed by atoms with E-state index in [-0.39, 0.29) is 24.8 Å². The zero-order valence-corrected chi connectivity index (χ0v) is 25.0. The molecule has 3 amide bonds. The molecular weight excluding hydrogens is 552 g/mol. The molecular formula is C31H40N6O6. The standard InChI is InChI=1S/C31H40N6O6/c1-18(2)26(34-20(5)24-15-32-11-12-33-24)28(38)35-27(19(3)4)29(39)37-17-23(14-25(37)30(40)41)43-31(42)36-13-10-21-8-6-7-9-22(21)16-36/h6-9,11-12,15,18-19,23,25-27,34H,5,10,13-14,16-17H2,1-4H3,(H,35,38)(H,40,41)/t23?,25?,26-,27-/m0/s1. The fraction of sp³-hybridized carbons (Fsp3) is 0.484. The summed E-state index contributed by atoms with van der Waals surface area (Å²) < 4.78 is 5.72. The van der Waals surface area contributed by atoms with Gasteiger partial charge in [-0.2, -0.15) is 0 Å². The minimum absolute atomic E-state index is 0.0376. The van der Waals surface area contributed by atoms with Crippen LogP contribution in [-0.2, 0) is 32.1 Å². The largest absolute Gasteiger partial charge is 0.480 e. The molecule has 1 saturated heterocycles. The van der Waals surface area contributed by atoms with Crippen LogP contribution in [0.4, 0.5) is 4.79 Å². The highest BCUT2D eigenvalue weighted by molar-refractivity contribution is 5.93. The van der Waals surface area contributed by atoms with E-state index in [4.69, 9.17) is 4.74 Å². The van der Waals surface area contributed by atoms with Crippen molar-refractivity contribution in [3.63, 3.8) is 0 Å². The Hall–Kier alpha value is -4.48. The van der Waals surface area contributed by atoms with Crippen molar-refractivity contribution in [3.8, 4) is 0 Å². The number of carboxylic acid groups (broad SMARTS) is 1. The minimum Gasteiger partial charge on any atom is -0.480 e. The molecule has 0 radical (unpaired) electrons. The third kappa shape index (κ3) is 7.49. The Kier molecular flexibility index (Phi) is 9.99. The number of aromatic nitrogens is 2. The molecule has 12 heteroatoms. The summed E-state index contributed by atoms with van der Waals surface area (Å²) >= 11 is 0. The maximum absolute atomic E-state index is 13.8. The molecule has 2 unspecified atom stereocenters. The van der Waals surface area contributed by atoms with Crippen molar-refractivity contribution in [1.82, 2.24) is 30.4 Å². The molecule has 2 aliphatic rings. The second-order valence-corrected chi connectivity index (χ2v) is 11.7. The molecule has 0 saturated carbocycles. The quantitative estimate of drug-likeness (QED) is 0.377. The molecule has 2 aromatic rings. The van der Waals surface area contributed by atoms with Gasteiger partial charge in [0.15, 0.2) is 0 Å². The van der Waals surface area contributed by atoms with E-state index in [1.807, 2.05) is 38.1 Å². The number of fused-ring (bicyclic) bond motifs is 1. The summed E-state index contributed by atoms with van der Waals surface area (Å²) in [7, 11) is 0. The summed E-state index contributed by atoms with van der Waals surface area (Å²) in [5.74, 6) is -2.71. The van der Waals surface area contributed by atoms with Crippen LogP contribution in [0.15, 0.2) is 49.4 Å². The summed E-state index contributed by atoms with van der Waals surface area (Å²) in [5, 5.41) is 15.9. The molecule has 1 aromatic heterocycles. The van der Waals surface area contributed by atoms with Crippen LogP contribution in [0.25, 0.3) is 5.70 Å². The Labute approximate surface area is 251 Å². The van der Waals surface area contributed by atoms with Crippen LogP contribution >= 0.6 is 0 Å². The molecule has 230 valence electrons. The van der Waals surface area contributed by atoms with E-state index in [0.717, 1.165) is 5.56 Å². The van der Waals surface area contributed by atoms with Crippen molar-refractivity contribution < 1.29 is 29.0 Å². The summed E-state index contributed by atoms with van der Waals surface area (Å²) in [5.41, 5.74) is 3.11. The average molecular weight is 593 g/mol. The Morgan fingerprint density at radius 1 is 1.02 bits per heavy atom. The van der Waals surface area contributed by atoms with Crippen LogP contribution in [-0.4, -0.2) is 86.1 Å². The van der Waals surface area contributed by atoms with Gasteiger partial charge in [-0.1, -0.05) is 58.5 Å². The fourth-order valence-electron chi connectivity index (χ4n) is 5.42. The van der Waals surface area contributed by atoms with E-state index in [1.54, 1.807) is 18.7 Å². The number of benzene rings is 1. The first-order chi connectivity index (χ1) is 20.5. The van der Waals surface area contributed by atoms with Crippen LogP contribution in [0, 0.1) is 11.8 Å². The highest BCUT2D eigenvalue weighted by atomic mass is 16.6. The lowest BCUT2D eigenvalue weighted by Crippen LogP contribution is -2.57. The van der Waals surface area contributed by atoms with Gasteiger partial charge in [0.25, 0.3) is 0 Å². The van der Waals surface area contributed by atoms with Gasteiger partial charge in [-0.15, -0.1) is 0 Å². The SMILES string of the molecule is C=C(N[C@H](C(=O)N[C@H](C(=O)N1CC(OC(=O)N2CCc3ccccc3C2)CC1C(=O)O)C(C)C)C(C)C)c1cnccn1. The predicted molar refractivity (Wildman–Crippen MR) is 158 cm³/mol. The summed E-state index contributed by atoms with van der Waals surface area (Å²) in [6.07, 6.45) is 3.91. The van der Waals surface area contributed by atoms with E-state index in [0.29, 0.717) is 30.9 Å². The van der Waals surface area contributed by atoms with E-state index in [1.165, 1.54) is 29.1 Å². The first kappa shape index (κ1) is 31.5. The Bertz CT molecular complexity index is 1350. The van der Waals surface area contributed by atoms with Gasteiger partial charge in [-0.3, -0.25) is 19.6 Å². The number of nitrogens with one attached hydrogen (secondary N) is 2. The topological polar surface area (TPSA) is 154 Å². The van der Waals surface area contributed by atoms with Gasteiger partial charge in [-0.25, -0.2) is 9.59 Å². The smallest absolute Gasteiger partial charge is 0.410 e. The molecule has 3 heterocycles. The zero-order valence-electron chi connectivity index (χ0n) is 25.0.